The zero-order chi connectivity index (χ0) is 15.1. The molecular weight excluding hydrogens is 326 g/mol. The SMILES string of the molecule is CCCNCc1cccc(Br)c1OCc1cccc(C)c1. The Balaban J connectivity index is 2.07. The predicted octanol–water partition coefficient (Wildman–Crippen LogP) is 4.84. The van der Waals surface area contributed by atoms with Gasteiger partial charge >= 0.3 is 0 Å². The summed E-state index contributed by atoms with van der Waals surface area (Å²) in [5.41, 5.74) is 3.64. The smallest absolute Gasteiger partial charge is 0.138 e. The second-order valence-corrected chi connectivity index (χ2v) is 6.04. The largest absolute Gasteiger partial charge is 0.487 e. The topological polar surface area (TPSA) is 21.3 Å². The molecule has 0 aliphatic rings. The maximum Gasteiger partial charge on any atom is 0.138 e. The first-order valence-corrected chi connectivity index (χ1v) is 8.16. The summed E-state index contributed by atoms with van der Waals surface area (Å²) in [6, 6.07) is 14.6. The molecule has 0 heterocycles. The Labute approximate surface area is 135 Å². The molecule has 2 rings (SSSR count). The lowest BCUT2D eigenvalue weighted by atomic mass is 10.1. The fourth-order valence-corrected chi connectivity index (χ4v) is 2.73. The minimum atomic E-state index is 0.588. The standard InChI is InChI=1S/C18H22BrNO/c1-3-10-20-12-16-8-5-9-17(19)18(16)21-13-15-7-4-6-14(2)11-15/h4-9,11,20H,3,10,12-13H2,1-2H3. The number of rotatable bonds is 7. The van der Waals surface area contributed by atoms with Crippen molar-refractivity contribution < 1.29 is 4.74 Å². The molecule has 0 unspecified atom stereocenters. The van der Waals surface area contributed by atoms with Gasteiger partial charge in [0.05, 0.1) is 4.47 Å². The summed E-state index contributed by atoms with van der Waals surface area (Å²) < 4.78 is 7.06. The van der Waals surface area contributed by atoms with E-state index in [4.69, 9.17) is 4.74 Å². The number of hydrogen-bond acceptors (Lipinski definition) is 2. The van der Waals surface area contributed by atoms with Crippen LogP contribution < -0.4 is 10.1 Å². The van der Waals surface area contributed by atoms with Crippen LogP contribution in [0.3, 0.4) is 0 Å². The van der Waals surface area contributed by atoms with E-state index in [9.17, 15) is 0 Å². The first kappa shape index (κ1) is 16.1. The highest BCUT2D eigenvalue weighted by molar-refractivity contribution is 9.10. The fourth-order valence-electron chi connectivity index (χ4n) is 2.21. The lowest BCUT2D eigenvalue weighted by Crippen LogP contribution is -2.14. The number of hydrogen-bond donors (Lipinski definition) is 1. The molecule has 21 heavy (non-hydrogen) atoms. The van der Waals surface area contributed by atoms with Crippen LogP contribution in [0.5, 0.6) is 5.75 Å². The lowest BCUT2D eigenvalue weighted by Gasteiger charge is -2.14. The zero-order valence-corrected chi connectivity index (χ0v) is 14.2. The van der Waals surface area contributed by atoms with Crippen LogP contribution in [0.2, 0.25) is 0 Å². The van der Waals surface area contributed by atoms with E-state index in [1.807, 2.05) is 12.1 Å². The highest BCUT2D eigenvalue weighted by Gasteiger charge is 2.08. The fraction of sp³-hybridized carbons (Fsp3) is 0.333. The Morgan fingerprint density at radius 1 is 1.14 bits per heavy atom. The van der Waals surface area contributed by atoms with E-state index in [1.54, 1.807) is 0 Å². The van der Waals surface area contributed by atoms with Gasteiger partial charge in [-0.1, -0.05) is 48.9 Å². The van der Waals surface area contributed by atoms with E-state index in [1.165, 1.54) is 16.7 Å². The second-order valence-electron chi connectivity index (χ2n) is 5.18. The van der Waals surface area contributed by atoms with E-state index >= 15 is 0 Å². The average molecular weight is 348 g/mol. The molecule has 0 spiro atoms. The van der Waals surface area contributed by atoms with E-state index < -0.39 is 0 Å². The van der Waals surface area contributed by atoms with Crippen LogP contribution in [0.4, 0.5) is 0 Å². The molecule has 0 aromatic heterocycles. The normalized spacial score (nSPS) is 10.6. The van der Waals surface area contributed by atoms with Crippen LogP contribution in [0.1, 0.15) is 30.0 Å². The van der Waals surface area contributed by atoms with Gasteiger partial charge in [-0.15, -0.1) is 0 Å². The van der Waals surface area contributed by atoms with Gasteiger partial charge in [-0.05, 0) is 47.4 Å². The zero-order valence-electron chi connectivity index (χ0n) is 12.7. The van der Waals surface area contributed by atoms with Gasteiger partial charge in [0.15, 0.2) is 0 Å². The van der Waals surface area contributed by atoms with E-state index in [2.05, 4.69) is 65.4 Å². The van der Waals surface area contributed by atoms with Crippen molar-refractivity contribution in [2.24, 2.45) is 0 Å². The van der Waals surface area contributed by atoms with Crippen LogP contribution >= 0.6 is 15.9 Å². The predicted molar refractivity (Wildman–Crippen MR) is 91.7 cm³/mol. The van der Waals surface area contributed by atoms with Gasteiger partial charge in [0.1, 0.15) is 12.4 Å². The average Bonchev–Trinajstić information content (AvgIpc) is 2.47. The summed E-state index contributed by atoms with van der Waals surface area (Å²) in [6.07, 6.45) is 1.13. The van der Waals surface area contributed by atoms with Crippen LogP contribution in [0.15, 0.2) is 46.9 Å². The van der Waals surface area contributed by atoms with Gasteiger partial charge in [0.25, 0.3) is 0 Å². The Hall–Kier alpha value is -1.32. The number of para-hydroxylation sites is 1. The molecule has 2 nitrogen and oxygen atoms in total. The van der Waals surface area contributed by atoms with Gasteiger partial charge in [-0.25, -0.2) is 0 Å². The minimum absolute atomic E-state index is 0.588. The van der Waals surface area contributed by atoms with Crippen molar-refractivity contribution in [1.29, 1.82) is 0 Å². The molecule has 0 atom stereocenters. The maximum atomic E-state index is 6.05. The molecular formula is C18H22BrNO. The molecule has 112 valence electrons. The third-order valence-electron chi connectivity index (χ3n) is 3.26. The molecule has 2 aromatic rings. The summed E-state index contributed by atoms with van der Waals surface area (Å²) in [5, 5.41) is 3.43. The van der Waals surface area contributed by atoms with Crippen molar-refractivity contribution in [1.82, 2.24) is 5.32 Å². The van der Waals surface area contributed by atoms with E-state index in [0.717, 1.165) is 29.7 Å². The third kappa shape index (κ3) is 4.87. The first-order valence-electron chi connectivity index (χ1n) is 7.37. The Morgan fingerprint density at radius 2 is 1.95 bits per heavy atom. The monoisotopic (exact) mass is 347 g/mol. The minimum Gasteiger partial charge on any atom is -0.487 e. The number of aryl methyl sites for hydroxylation is 1. The van der Waals surface area contributed by atoms with Crippen LogP contribution in [0, 0.1) is 6.92 Å². The van der Waals surface area contributed by atoms with Crippen LogP contribution in [-0.2, 0) is 13.2 Å². The van der Waals surface area contributed by atoms with Gasteiger partial charge in [0, 0.05) is 12.1 Å². The van der Waals surface area contributed by atoms with Crippen molar-refractivity contribution in [3.05, 3.63) is 63.6 Å². The first-order chi connectivity index (χ1) is 10.2. The summed E-state index contributed by atoms with van der Waals surface area (Å²) in [6.45, 7) is 6.70. The molecule has 0 amide bonds. The Kier molecular flexibility index (Phi) is 6.27. The lowest BCUT2D eigenvalue weighted by molar-refractivity contribution is 0.300. The Bertz CT molecular complexity index is 583. The summed E-state index contributed by atoms with van der Waals surface area (Å²) >= 11 is 3.59. The molecule has 0 fully saturated rings. The molecule has 0 saturated heterocycles. The molecule has 0 bridgehead atoms. The maximum absolute atomic E-state index is 6.05. The molecule has 1 N–H and O–H groups in total. The number of benzene rings is 2. The molecule has 0 radical (unpaired) electrons. The number of ether oxygens (including phenoxy) is 1. The van der Waals surface area contributed by atoms with Crippen molar-refractivity contribution in [3.8, 4) is 5.75 Å². The van der Waals surface area contributed by atoms with Crippen molar-refractivity contribution in [2.45, 2.75) is 33.4 Å². The van der Waals surface area contributed by atoms with Crippen LogP contribution in [-0.4, -0.2) is 6.54 Å². The molecule has 0 aliphatic carbocycles. The van der Waals surface area contributed by atoms with Crippen molar-refractivity contribution >= 4 is 15.9 Å². The summed E-state index contributed by atoms with van der Waals surface area (Å²) in [4.78, 5) is 0. The van der Waals surface area contributed by atoms with Gasteiger partial charge in [0.2, 0.25) is 0 Å². The quantitative estimate of drug-likeness (QED) is 0.723. The summed E-state index contributed by atoms with van der Waals surface area (Å²) in [5.74, 6) is 0.933. The highest BCUT2D eigenvalue weighted by atomic mass is 79.9. The third-order valence-corrected chi connectivity index (χ3v) is 3.88. The van der Waals surface area contributed by atoms with Gasteiger partial charge < -0.3 is 10.1 Å². The van der Waals surface area contributed by atoms with Gasteiger partial charge in [-0.2, -0.15) is 0 Å². The van der Waals surface area contributed by atoms with Gasteiger partial charge in [-0.3, -0.25) is 0 Å². The highest BCUT2D eigenvalue weighted by Crippen LogP contribution is 2.30. The number of halogens is 1. The molecule has 0 aliphatic heterocycles. The van der Waals surface area contributed by atoms with Crippen molar-refractivity contribution in [2.75, 3.05) is 6.54 Å². The second kappa shape index (κ2) is 8.20. The van der Waals surface area contributed by atoms with E-state index in [-0.39, 0.29) is 0 Å². The number of nitrogens with one attached hydrogen (secondary N) is 1. The molecule has 0 saturated carbocycles. The summed E-state index contributed by atoms with van der Waals surface area (Å²) in [7, 11) is 0. The molecule has 3 heteroatoms. The van der Waals surface area contributed by atoms with Crippen molar-refractivity contribution in [3.63, 3.8) is 0 Å². The van der Waals surface area contributed by atoms with Crippen LogP contribution in [0.25, 0.3) is 0 Å². The molecule has 2 aromatic carbocycles. The Morgan fingerprint density at radius 3 is 2.71 bits per heavy atom. The van der Waals surface area contributed by atoms with E-state index in [0.29, 0.717) is 6.61 Å².